The number of aryl methyl sites for hydroxylation is 1. The summed E-state index contributed by atoms with van der Waals surface area (Å²) in [7, 11) is 0. The second-order valence-corrected chi connectivity index (χ2v) is 6.95. The molecule has 0 spiro atoms. The lowest BCUT2D eigenvalue weighted by Crippen LogP contribution is -2.40. The third kappa shape index (κ3) is 5.80. The summed E-state index contributed by atoms with van der Waals surface area (Å²) >= 11 is 0. The van der Waals surface area contributed by atoms with Crippen LogP contribution < -0.4 is 10.6 Å². The second kappa shape index (κ2) is 9.87. The Labute approximate surface area is 165 Å². The van der Waals surface area contributed by atoms with Crippen LogP contribution in [0.25, 0.3) is 0 Å². The minimum Gasteiger partial charge on any atom is -0.357 e. The number of nitrogens with zero attached hydrogens (tertiary/aromatic N) is 4. The maximum atomic E-state index is 12.3. The third-order valence-electron chi connectivity index (χ3n) is 4.66. The van der Waals surface area contributed by atoms with E-state index in [2.05, 4.69) is 37.9 Å². The topological polar surface area (TPSA) is 95.6 Å². The Bertz CT molecular complexity index is 789. The van der Waals surface area contributed by atoms with E-state index in [0.29, 0.717) is 37.2 Å². The highest BCUT2D eigenvalue weighted by atomic mass is 16.5. The quantitative estimate of drug-likeness (QED) is 0.529. The maximum Gasteiger partial charge on any atom is 0.223 e. The fraction of sp³-hybridized carbons (Fsp3) is 0.500. The Morgan fingerprint density at radius 3 is 2.86 bits per heavy atom. The SMILES string of the molecule is CCNC(=NCc1noc(C)n1)NCC1CC(=O)N(CCc2ccccc2)C1. The van der Waals surface area contributed by atoms with Crippen molar-refractivity contribution >= 4 is 11.9 Å². The fourth-order valence-corrected chi connectivity index (χ4v) is 3.25. The van der Waals surface area contributed by atoms with Crippen molar-refractivity contribution in [2.45, 2.75) is 33.2 Å². The molecule has 2 heterocycles. The molecule has 1 fully saturated rings. The lowest BCUT2D eigenvalue weighted by Gasteiger charge is -2.17. The summed E-state index contributed by atoms with van der Waals surface area (Å²) in [6.45, 7) is 7.12. The van der Waals surface area contributed by atoms with Gasteiger partial charge in [0.1, 0.15) is 6.54 Å². The van der Waals surface area contributed by atoms with E-state index >= 15 is 0 Å². The van der Waals surface area contributed by atoms with Gasteiger partial charge in [0.2, 0.25) is 11.8 Å². The van der Waals surface area contributed by atoms with E-state index in [1.807, 2.05) is 30.0 Å². The highest BCUT2D eigenvalue weighted by Gasteiger charge is 2.29. The van der Waals surface area contributed by atoms with E-state index in [1.54, 1.807) is 6.92 Å². The monoisotopic (exact) mass is 384 g/mol. The van der Waals surface area contributed by atoms with Crippen molar-refractivity contribution in [2.75, 3.05) is 26.2 Å². The van der Waals surface area contributed by atoms with Crippen LogP contribution in [0.15, 0.2) is 39.8 Å². The highest BCUT2D eigenvalue weighted by molar-refractivity contribution is 5.80. The van der Waals surface area contributed by atoms with E-state index in [4.69, 9.17) is 4.52 Å². The number of amides is 1. The predicted molar refractivity (Wildman–Crippen MR) is 107 cm³/mol. The maximum absolute atomic E-state index is 12.3. The Morgan fingerprint density at radius 2 is 2.14 bits per heavy atom. The van der Waals surface area contributed by atoms with Crippen LogP contribution in [0.2, 0.25) is 0 Å². The summed E-state index contributed by atoms with van der Waals surface area (Å²) in [5.74, 6) is 2.28. The minimum absolute atomic E-state index is 0.229. The van der Waals surface area contributed by atoms with Crippen molar-refractivity contribution < 1.29 is 9.32 Å². The zero-order valence-electron chi connectivity index (χ0n) is 16.5. The van der Waals surface area contributed by atoms with Crippen molar-refractivity contribution in [1.29, 1.82) is 0 Å². The summed E-state index contributed by atoms with van der Waals surface area (Å²) in [6.07, 6.45) is 1.46. The summed E-state index contributed by atoms with van der Waals surface area (Å²) in [5, 5.41) is 10.4. The number of aliphatic imine (C=N–C) groups is 1. The van der Waals surface area contributed by atoms with Gasteiger partial charge >= 0.3 is 0 Å². The third-order valence-corrected chi connectivity index (χ3v) is 4.66. The van der Waals surface area contributed by atoms with Crippen molar-refractivity contribution in [3.63, 3.8) is 0 Å². The summed E-state index contributed by atoms with van der Waals surface area (Å²) < 4.78 is 4.96. The highest BCUT2D eigenvalue weighted by Crippen LogP contribution is 2.17. The molecule has 0 saturated carbocycles. The number of aromatic nitrogens is 2. The first-order valence-corrected chi connectivity index (χ1v) is 9.77. The molecule has 1 unspecified atom stereocenters. The molecule has 1 aromatic heterocycles. The molecule has 0 aliphatic carbocycles. The molecular formula is C20H28N6O2. The van der Waals surface area contributed by atoms with Gasteiger partial charge < -0.3 is 20.1 Å². The van der Waals surface area contributed by atoms with Crippen LogP contribution in [0, 0.1) is 12.8 Å². The zero-order chi connectivity index (χ0) is 19.8. The molecule has 2 aromatic rings. The normalized spacial score (nSPS) is 17.2. The molecule has 28 heavy (non-hydrogen) atoms. The summed E-state index contributed by atoms with van der Waals surface area (Å²) in [4.78, 5) is 22.9. The largest absolute Gasteiger partial charge is 0.357 e. The van der Waals surface area contributed by atoms with Gasteiger partial charge in [-0.25, -0.2) is 4.99 Å². The zero-order valence-corrected chi connectivity index (χ0v) is 16.5. The molecule has 150 valence electrons. The number of benzene rings is 1. The van der Waals surface area contributed by atoms with Crippen molar-refractivity contribution in [3.8, 4) is 0 Å². The van der Waals surface area contributed by atoms with Crippen LogP contribution in [-0.4, -0.2) is 53.1 Å². The molecule has 8 heteroatoms. The van der Waals surface area contributed by atoms with E-state index in [-0.39, 0.29) is 11.8 Å². The molecule has 1 saturated heterocycles. The van der Waals surface area contributed by atoms with Crippen molar-refractivity contribution in [3.05, 3.63) is 47.6 Å². The van der Waals surface area contributed by atoms with E-state index < -0.39 is 0 Å². The van der Waals surface area contributed by atoms with Gasteiger partial charge in [-0.05, 0) is 18.9 Å². The Balaban J connectivity index is 1.46. The van der Waals surface area contributed by atoms with E-state index in [0.717, 1.165) is 26.1 Å². The second-order valence-electron chi connectivity index (χ2n) is 6.95. The number of hydrogen-bond donors (Lipinski definition) is 2. The van der Waals surface area contributed by atoms with Gasteiger partial charge in [0.05, 0.1) is 0 Å². The summed E-state index contributed by atoms with van der Waals surface area (Å²) in [6, 6.07) is 10.3. The average molecular weight is 384 g/mol. The van der Waals surface area contributed by atoms with Crippen molar-refractivity contribution in [1.82, 2.24) is 25.7 Å². The Kier molecular flexibility index (Phi) is 7.00. The van der Waals surface area contributed by atoms with Crippen molar-refractivity contribution in [2.24, 2.45) is 10.9 Å². The molecule has 1 aromatic carbocycles. The summed E-state index contributed by atoms with van der Waals surface area (Å²) in [5.41, 5.74) is 1.26. The molecule has 1 amide bonds. The first-order chi connectivity index (χ1) is 13.6. The molecule has 0 bridgehead atoms. The molecule has 1 aliphatic heterocycles. The van der Waals surface area contributed by atoms with Gasteiger partial charge in [0.15, 0.2) is 11.8 Å². The van der Waals surface area contributed by atoms with Crippen LogP contribution in [0.5, 0.6) is 0 Å². The number of nitrogens with one attached hydrogen (secondary N) is 2. The predicted octanol–water partition coefficient (Wildman–Crippen LogP) is 1.52. The van der Waals surface area contributed by atoms with Crippen LogP contribution in [0.1, 0.15) is 30.6 Å². The van der Waals surface area contributed by atoms with Gasteiger partial charge in [-0.3, -0.25) is 4.79 Å². The molecule has 8 nitrogen and oxygen atoms in total. The number of likely N-dealkylation sites (tertiary alicyclic amines) is 1. The number of rotatable bonds is 8. The molecule has 1 atom stereocenters. The molecule has 2 N–H and O–H groups in total. The van der Waals surface area contributed by atoms with Gasteiger partial charge in [0, 0.05) is 45.4 Å². The molecule has 0 radical (unpaired) electrons. The van der Waals surface area contributed by atoms with Gasteiger partial charge in [-0.15, -0.1) is 0 Å². The number of hydrogen-bond acceptors (Lipinski definition) is 5. The average Bonchev–Trinajstić information content (AvgIpc) is 3.28. The molecular weight excluding hydrogens is 356 g/mol. The first kappa shape index (κ1) is 19.9. The van der Waals surface area contributed by atoms with Gasteiger partial charge in [-0.1, -0.05) is 35.5 Å². The number of carbonyl (C=O) groups excluding carboxylic acids is 1. The Hall–Kier alpha value is -2.90. The van der Waals surface area contributed by atoms with Gasteiger partial charge in [-0.2, -0.15) is 4.98 Å². The van der Waals surface area contributed by atoms with Crippen LogP contribution in [0.4, 0.5) is 0 Å². The Morgan fingerprint density at radius 1 is 1.32 bits per heavy atom. The van der Waals surface area contributed by atoms with Crippen LogP contribution in [0.3, 0.4) is 0 Å². The van der Waals surface area contributed by atoms with E-state index in [9.17, 15) is 4.79 Å². The number of carbonyl (C=O) groups is 1. The smallest absolute Gasteiger partial charge is 0.223 e. The van der Waals surface area contributed by atoms with Crippen LogP contribution in [-0.2, 0) is 17.8 Å². The van der Waals surface area contributed by atoms with Crippen LogP contribution >= 0.6 is 0 Å². The van der Waals surface area contributed by atoms with Gasteiger partial charge in [0.25, 0.3) is 0 Å². The molecule has 1 aliphatic rings. The minimum atomic E-state index is 0.229. The van der Waals surface area contributed by atoms with E-state index in [1.165, 1.54) is 5.56 Å². The fourth-order valence-electron chi connectivity index (χ4n) is 3.25. The number of guanidine groups is 1. The standard InChI is InChI=1S/C20H28N6O2/c1-3-21-20(23-13-18-24-15(2)28-25-18)22-12-17-11-19(27)26(14-17)10-9-16-7-5-4-6-8-16/h4-8,17H,3,9-14H2,1-2H3,(H2,21,22,23). The first-order valence-electron chi connectivity index (χ1n) is 9.77. The lowest BCUT2D eigenvalue weighted by atomic mass is 10.1. The lowest BCUT2D eigenvalue weighted by molar-refractivity contribution is -0.127. The molecule has 3 rings (SSSR count).